The van der Waals surface area contributed by atoms with Gasteiger partial charge in [0.25, 0.3) is 11.8 Å². The van der Waals surface area contributed by atoms with Gasteiger partial charge >= 0.3 is 5.97 Å². The minimum atomic E-state index is -0.542. The molecule has 0 aliphatic heterocycles. The molecule has 0 saturated carbocycles. The van der Waals surface area contributed by atoms with E-state index >= 15 is 0 Å². The van der Waals surface area contributed by atoms with Gasteiger partial charge in [-0.15, -0.1) is 23.1 Å². The maximum Gasteiger partial charge on any atom is 0.341 e. The number of aryl methyl sites for hydroxylation is 1. The van der Waals surface area contributed by atoms with E-state index in [1.807, 2.05) is 30.3 Å². The molecule has 254 valence electrons. The summed E-state index contributed by atoms with van der Waals surface area (Å²) in [6.45, 7) is 1.80. The first-order chi connectivity index (χ1) is 24.3. The number of thioether (sulfide) groups is 1. The number of benzene rings is 3. The molecule has 2 aromatic heterocycles. The van der Waals surface area contributed by atoms with Gasteiger partial charge in [-0.1, -0.05) is 48.5 Å². The van der Waals surface area contributed by atoms with Crippen LogP contribution in [-0.2, 0) is 27.2 Å². The molecule has 1 atom stereocenters. The van der Waals surface area contributed by atoms with E-state index in [0.29, 0.717) is 33.3 Å². The van der Waals surface area contributed by atoms with E-state index in [2.05, 4.69) is 16.0 Å². The Morgan fingerprint density at radius 3 is 2.28 bits per heavy atom. The smallest absolute Gasteiger partial charge is 0.341 e. The summed E-state index contributed by atoms with van der Waals surface area (Å²) >= 11 is 2.80. The summed E-state index contributed by atoms with van der Waals surface area (Å²) in [6.07, 6.45) is 5.24. The number of ether oxygens (including phenoxy) is 1. The number of thiophene rings is 1. The standard InChI is InChI=1S/C39H35N3O6S2/c1-24(35(43)42-38-34(39(46)47-2)30-15-9-10-16-33(30)50-38)49-29-20-17-27(18-21-29)40-37(45)31(41-36(44)26-13-7-4-8-14-26)23-28-19-22-32(48-28)25-11-5-3-6-12-25/h3-8,11-14,17-24H,9-10,15-16H2,1-2H3,(H,40,45)(H,41,44)(H,42,43)/b31-23+. The highest BCUT2D eigenvalue weighted by Crippen LogP contribution is 2.39. The third-order valence-corrected chi connectivity index (χ3v) is 10.4. The minimum Gasteiger partial charge on any atom is -0.465 e. The van der Waals surface area contributed by atoms with Gasteiger partial charge in [-0.3, -0.25) is 14.4 Å². The zero-order chi connectivity index (χ0) is 35.0. The third-order valence-electron chi connectivity index (χ3n) is 8.09. The van der Waals surface area contributed by atoms with Crippen molar-refractivity contribution in [2.75, 3.05) is 17.7 Å². The van der Waals surface area contributed by atoms with Crippen LogP contribution in [0.4, 0.5) is 10.7 Å². The number of carbonyl (C=O) groups is 4. The van der Waals surface area contributed by atoms with Crippen LogP contribution in [0, 0.1) is 0 Å². The van der Waals surface area contributed by atoms with Crippen LogP contribution in [0.1, 0.15) is 56.7 Å². The van der Waals surface area contributed by atoms with Gasteiger partial charge in [0.2, 0.25) is 5.91 Å². The molecule has 50 heavy (non-hydrogen) atoms. The number of hydrogen-bond acceptors (Lipinski definition) is 8. The molecule has 1 aliphatic carbocycles. The fourth-order valence-electron chi connectivity index (χ4n) is 5.53. The third kappa shape index (κ3) is 8.24. The highest BCUT2D eigenvalue weighted by molar-refractivity contribution is 8.00. The maximum absolute atomic E-state index is 13.5. The molecule has 0 spiro atoms. The summed E-state index contributed by atoms with van der Waals surface area (Å²) in [5.41, 5.74) is 3.23. The average Bonchev–Trinajstić information content (AvgIpc) is 3.77. The Morgan fingerprint density at radius 1 is 0.860 bits per heavy atom. The van der Waals surface area contributed by atoms with E-state index in [4.69, 9.17) is 9.15 Å². The fourth-order valence-corrected chi connectivity index (χ4v) is 7.68. The van der Waals surface area contributed by atoms with E-state index < -0.39 is 23.0 Å². The Labute approximate surface area is 298 Å². The highest BCUT2D eigenvalue weighted by Gasteiger charge is 2.28. The molecule has 6 rings (SSSR count). The summed E-state index contributed by atoms with van der Waals surface area (Å²) in [5, 5.41) is 8.59. The molecular formula is C39H35N3O6S2. The first-order valence-corrected chi connectivity index (χ1v) is 17.8. The van der Waals surface area contributed by atoms with E-state index in [1.54, 1.807) is 73.7 Å². The zero-order valence-corrected chi connectivity index (χ0v) is 29.1. The molecule has 0 bridgehead atoms. The highest BCUT2D eigenvalue weighted by atomic mass is 32.2. The Kier molecular flexibility index (Phi) is 10.9. The maximum atomic E-state index is 13.5. The molecule has 0 saturated heterocycles. The largest absolute Gasteiger partial charge is 0.465 e. The Morgan fingerprint density at radius 2 is 1.56 bits per heavy atom. The number of furan rings is 1. The molecule has 1 aliphatic rings. The average molecular weight is 706 g/mol. The van der Waals surface area contributed by atoms with Crippen molar-refractivity contribution in [3.63, 3.8) is 0 Å². The number of rotatable bonds is 11. The monoisotopic (exact) mass is 705 g/mol. The summed E-state index contributed by atoms with van der Waals surface area (Å²) in [6, 6.07) is 28.8. The molecule has 3 amide bonds. The molecule has 0 radical (unpaired) electrons. The normalized spacial score (nSPS) is 13.1. The number of carbonyl (C=O) groups excluding carboxylic acids is 4. The summed E-state index contributed by atoms with van der Waals surface area (Å²) in [7, 11) is 1.35. The summed E-state index contributed by atoms with van der Waals surface area (Å²) < 4.78 is 11.0. The topological polar surface area (TPSA) is 127 Å². The molecule has 5 aromatic rings. The van der Waals surface area contributed by atoms with Crippen LogP contribution in [0.3, 0.4) is 0 Å². The van der Waals surface area contributed by atoms with Crippen LogP contribution in [-0.4, -0.2) is 36.1 Å². The van der Waals surface area contributed by atoms with Crippen LogP contribution < -0.4 is 16.0 Å². The minimum absolute atomic E-state index is 0.00172. The SMILES string of the molecule is COC(=O)c1c(NC(=O)C(C)Sc2ccc(NC(=O)/C(=C\c3ccc(-c4ccccc4)o3)NC(=O)c3ccccc3)cc2)sc2c1CCCC2. The van der Waals surface area contributed by atoms with Crippen LogP contribution in [0.5, 0.6) is 0 Å². The second kappa shape index (κ2) is 15.9. The van der Waals surface area contributed by atoms with Crippen molar-refractivity contribution < 1.29 is 28.3 Å². The van der Waals surface area contributed by atoms with Crippen molar-refractivity contribution in [3.8, 4) is 11.3 Å². The lowest BCUT2D eigenvalue weighted by Gasteiger charge is -2.14. The van der Waals surface area contributed by atoms with E-state index in [0.717, 1.165) is 46.6 Å². The van der Waals surface area contributed by atoms with Crippen LogP contribution in [0.15, 0.2) is 112 Å². The number of esters is 1. The van der Waals surface area contributed by atoms with Gasteiger partial charge in [-0.2, -0.15) is 0 Å². The molecule has 3 aromatic carbocycles. The van der Waals surface area contributed by atoms with E-state index in [1.165, 1.54) is 36.3 Å². The lowest BCUT2D eigenvalue weighted by molar-refractivity contribution is -0.115. The number of fused-ring (bicyclic) bond motifs is 1. The van der Waals surface area contributed by atoms with Crippen LogP contribution in [0.2, 0.25) is 0 Å². The van der Waals surface area contributed by atoms with Gasteiger partial charge in [-0.05, 0) is 86.7 Å². The lowest BCUT2D eigenvalue weighted by atomic mass is 9.95. The van der Waals surface area contributed by atoms with Gasteiger partial charge in [0.1, 0.15) is 22.2 Å². The van der Waals surface area contributed by atoms with Gasteiger partial charge in [0.15, 0.2) is 0 Å². The molecule has 9 nitrogen and oxygen atoms in total. The van der Waals surface area contributed by atoms with Gasteiger partial charge in [0.05, 0.1) is 17.9 Å². The summed E-state index contributed by atoms with van der Waals surface area (Å²) in [5.74, 6) is -0.629. The van der Waals surface area contributed by atoms with Crippen molar-refractivity contribution >= 4 is 63.6 Å². The molecule has 11 heteroatoms. The fraction of sp³-hybridized carbons (Fsp3) is 0.179. The van der Waals surface area contributed by atoms with Gasteiger partial charge in [-0.25, -0.2) is 4.79 Å². The molecule has 2 heterocycles. The second-order valence-electron chi connectivity index (χ2n) is 11.6. The van der Waals surface area contributed by atoms with Crippen LogP contribution >= 0.6 is 23.1 Å². The number of anilines is 2. The summed E-state index contributed by atoms with van der Waals surface area (Å²) in [4.78, 5) is 54.3. The number of nitrogens with one attached hydrogen (secondary N) is 3. The molecule has 3 N–H and O–H groups in total. The Balaban J connectivity index is 1.13. The zero-order valence-electron chi connectivity index (χ0n) is 27.5. The quantitative estimate of drug-likeness (QED) is 0.0719. The first-order valence-electron chi connectivity index (χ1n) is 16.1. The van der Waals surface area contributed by atoms with Crippen molar-refractivity contribution in [1.82, 2.24) is 5.32 Å². The Hall–Kier alpha value is -5.39. The predicted octanol–water partition coefficient (Wildman–Crippen LogP) is 8.20. The van der Waals surface area contributed by atoms with E-state index in [-0.39, 0.29) is 11.6 Å². The number of hydrogen-bond donors (Lipinski definition) is 3. The number of methoxy groups -OCH3 is 1. The number of amides is 3. The molecular weight excluding hydrogens is 671 g/mol. The Bertz CT molecular complexity index is 2030. The lowest BCUT2D eigenvalue weighted by Crippen LogP contribution is -2.30. The first kappa shape index (κ1) is 34.5. The van der Waals surface area contributed by atoms with Gasteiger partial charge in [0, 0.05) is 32.7 Å². The van der Waals surface area contributed by atoms with Crippen molar-refractivity contribution in [2.45, 2.75) is 42.8 Å². The molecule has 1 unspecified atom stereocenters. The van der Waals surface area contributed by atoms with Crippen molar-refractivity contribution in [3.05, 3.63) is 130 Å². The van der Waals surface area contributed by atoms with E-state index in [9.17, 15) is 19.2 Å². The van der Waals surface area contributed by atoms with Crippen molar-refractivity contribution in [2.24, 2.45) is 0 Å². The predicted molar refractivity (Wildman–Crippen MR) is 197 cm³/mol. The van der Waals surface area contributed by atoms with Crippen LogP contribution in [0.25, 0.3) is 17.4 Å². The second-order valence-corrected chi connectivity index (χ2v) is 14.1. The molecule has 0 fully saturated rings. The van der Waals surface area contributed by atoms with Crippen molar-refractivity contribution in [1.29, 1.82) is 0 Å². The van der Waals surface area contributed by atoms with Gasteiger partial charge < -0.3 is 25.1 Å².